The highest BCUT2D eigenvalue weighted by atomic mass is 35.5. The Hall–Kier alpha value is -1.48. The minimum absolute atomic E-state index is 0.722. The van der Waals surface area contributed by atoms with Crippen molar-refractivity contribution in [2.24, 2.45) is 0 Å². The summed E-state index contributed by atoms with van der Waals surface area (Å²) in [7, 11) is 0. The summed E-state index contributed by atoms with van der Waals surface area (Å²) in [4.78, 5) is 6.97. The molecule has 0 bridgehead atoms. The first-order valence-electron chi connectivity index (χ1n) is 4.73. The van der Waals surface area contributed by atoms with E-state index >= 15 is 0 Å². The molecular formula is C11H12ClN3. The Morgan fingerprint density at radius 2 is 2.33 bits per heavy atom. The first kappa shape index (κ1) is 10.1. The van der Waals surface area contributed by atoms with Crippen LogP contribution in [0.1, 0.15) is 11.3 Å². The lowest BCUT2D eigenvalue weighted by Gasteiger charge is -2.06. The molecule has 1 aromatic heterocycles. The maximum atomic E-state index is 6.01. The van der Waals surface area contributed by atoms with Gasteiger partial charge in [0, 0.05) is 16.9 Å². The van der Waals surface area contributed by atoms with Crippen molar-refractivity contribution in [3.8, 4) is 0 Å². The number of anilines is 1. The van der Waals surface area contributed by atoms with Gasteiger partial charge in [-0.05, 0) is 24.6 Å². The summed E-state index contributed by atoms with van der Waals surface area (Å²) in [6.45, 7) is 2.71. The van der Waals surface area contributed by atoms with E-state index in [0.29, 0.717) is 0 Å². The van der Waals surface area contributed by atoms with Crippen LogP contribution in [0, 0.1) is 6.92 Å². The zero-order valence-corrected chi connectivity index (χ0v) is 9.17. The lowest BCUT2D eigenvalue weighted by Crippen LogP contribution is -1.99. The van der Waals surface area contributed by atoms with Gasteiger partial charge in [-0.25, -0.2) is 4.98 Å². The summed E-state index contributed by atoms with van der Waals surface area (Å²) in [5.74, 6) is 0. The average molecular weight is 222 g/mol. The van der Waals surface area contributed by atoms with E-state index in [2.05, 4.69) is 15.3 Å². The first-order chi connectivity index (χ1) is 7.25. The zero-order valence-electron chi connectivity index (χ0n) is 8.42. The van der Waals surface area contributed by atoms with E-state index in [9.17, 15) is 0 Å². The molecule has 78 valence electrons. The third kappa shape index (κ3) is 2.50. The van der Waals surface area contributed by atoms with Crippen molar-refractivity contribution >= 4 is 17.3 Å². The van der Waals surface area contributed by atoms with Crippen LogP contribution in [0.5, 0.6) is 0 Å². The van der Waals surface area contributed by atoms with Crippen LogP contribution >= 0.6 is 11.6 Å². The number of nitrogens with zero attached hydrogens (tertiary/aromatic N) is 1. The highest BCUT2D eigenvalue weighted by Crippen LogP contribution is 2.20. The van der Waals surface area contributed by atoms with Crippen molar-refractivity contribution in [3.05, 3.63) is 47.0 Å². The molecule has 2 rings (SSSR count). The Kier molecular flexibility index (Phi) is 2.92. The number of imidazole rings is 1. The number of H-pyrrole nitrogens is 1. The molecule has 2 aromatic rings. The third-order valence-corrected chi connectivity index (χ3v) is 2.62. The molecule has 4 heteroatoms. The molecule has 0 spiro atoms. The van der Waals surface area contributed by atoms with Gasteiger partial charge in [0.25, 0.3) is 0 Å². The second kappa shape index (κ2) is 4.36. The normalized spacial score (nSPS) is 10.3. The minimum atomic E-state index is 0.722. The lowest BCUT2D eigenvalue weighted by atomic mass is 10.2. The van der Waals surface area contributed by atoms with Crippen LogP contribution in [0.4, 0.5) is 5.69 Å². The topological polar surface area (TPSA) is 40.7 Å². The molecule has 0 aliphatic heterocycles. The smallest absolute Gasteiger partial charge is 0.0922 e. The Balaban J connectivity index is 2.02. The molecular weight excluding hydrogens is 210 g/mol. The maximum absolute atomic E-state index is 6.01. The van der Waals surface area contributed by atoms with E-state index in [-0.39, 0.29) is 0 Å². The van der Waals surface area contributed by atoms with Crippen molar-refractivity contribution in [3.63, 3.8) is 0 Å². The summed E-state index contributed by atoms with van der Waals surface area (Å²) < 4.78 is 0. The van der Waals surface area contributed by atoms with Crippen LogP contribution in [-0.4, -0.2) is 9.97 Å². The van der Waals surface area contributed by atoms with Gasteiger partial charge in [-0.1, -0.05) is 17.7 Å². The predicted octanol–water partition coefficient (Wildman–Crippen LogP) is 2.98. The predicted molar refractivity (Wildman–Crippen MR) is 62.1 cm³/mol. The Morgan fingerprint density at radius 1 is 1.47 bits per heavy atom. The van der Waals surface area contributed by atoms with Crippen molar-refractivity contribution in [2.45, 2.75) is 13.5 Å². The molecule has 15 heavy (non-hydrogen) atoms. The first-order valence-corrected chi connectivity index (χ1v) is 5.11. The Morgan fingerprint density at radius 3 is 3.00 bits per heavy atom. The average Bonchev–Trinajstić information content (AvgIpc) is 2.73. The number of halogens is 1. The molecule has 0 aliphatic rings. The van der Waals surface area contributed by atoms with Gasteiger partial charge >= 0.3 is 0 Å². The minimum Gasteiger partial charge on any atom is -0.379 e. The number of aromatic nitrogens is 2. The highest BCUT2D eigenvalue weighted by Gasteiger charge is 1.98. The van der Waals surface area contributed by atoms with Crippen molar-refractivity contribution in [2.75, 3.05) is 5.32 Å². The van der Waals surface area contributed by atoms with E-state index in [1.165, 1.54) is 0 Å². The number of aromatic amines is 1. The largest absolute Gasteiger partial charge is 0.379 e. The van der Waals surface area contributed by atoms with E-state index in [0.717, 1.165) is 28.5 Å². The van der Waals surface area contributed by atoms with Gasteiger partial charge < -0.3 is 10.3 Å². The van der Waals surface area contributed by atoms with Crippen LogP contribution < -0.4 is 5.32 Å². The fraction of sp³-hybridized carbons (Fsp3) is 0.182. The zero-order chi connectivity index (χ0) is 10.7. The van der Waals surface area contributed by atoms with Gasteiger partial charge in [-0.15, -0.1) is 0 Å². The number of rotatable bonds is 3. The molecule has 0 aliphatic carbocycles. The number of hydrogen-bond donors (Lipinski definition) is 2. The molecule has 0 saturated heterocycles. The molecule has 1 heterocycles. The van der Waals surface area contributed by atoms with Crippen LogP contribution in [-0.2, 0) is 6.54 Å². The van der Waals surface area contributed by atoms with E-state index in [1.807, 2.05) is 25.1 Å². The number of benzene rings is 1. The third-order valence-electron chi connectivity index (χ3n) is 2.21. The van der Waals surface area contributed by atoms with Gasteiger partial charge in [0.15, 0.2) is 0 Å². The second-order valence-electron chi connectivity index (χ2n) is 3.39. The summed E-state index contributed by atoms with van der Waals surface area (Å²) in [5.41, 5.74) is 3.15. The molecule has 0 fully saturated rings. The SMILES string of the molecule is Cc1ccc(NCc2cnc[nH]2)cc1Cl. The summed E-state index contributed by atoms with van der Waals surface area (Å²) >= 11 is 6.01. The maximum Gasteiger partial charge on any atom is 0.0922 e. The Labute approximate surface area is 93.5 Å². The van der Waals surface area contributed by atoms with Gasteiger partial charge in [-0.2, -0.15) is 0 Å². The van der Waals surface area contributed by atoms with Crippen LogP contribution in [0.25, 0.3) is 0 Å². The monoisotopic (exact) mass is 221 g/mol. The molecule has 1 aromatic carbocycles. The lowest BCUT2D eigenvalue weighted by molar-refractivity contribution is 1.07. The molecule has 0 atom stereocenters. The highest BCUT2D eigenvalue weighted by molar-refractivity contribution is 6.31. The molecule has 0 unspecified atom stereocenters. The fourth-order valence-electron chi connectivity index (χ4n) is 1.28. The number of aryl methyl sites for hydroxylation is 1. The summed E-state index contributed by atoms with van der Waals surface area (Å²) in [6.07, 6.45) is 3.46. The summed E-state index contributed by atoms with van der Waals surface area (Å²) in [5, 5.41) is 4.04. The van der Waals surface area contributed by atoms with Gasteiger partial charge in [0.2, 0.25) is 0 Å². The van der Waals surface area contributed by atoms with Gasteiger partial charge in [-0.3, -0.25) is 0 Å². The molecule has 0 radical (unpaired) electrons. The second-order valence-corrected chi connectivity index (χ2v) is 3.80. The summed E-state index contributed by atoms with van der Waals surface area (Å²) in [6, 6.07) is 5.93. The fourth-order valence-corrected chi connectivity index (χ4v) is 1.46. The molecule has 3 nitrogen and oxygen atoms in total. The quantitative estimate of drug-likeness (QED) is 0.837. The molecule has 2 N–H and O–H groups in total. The molecule has 0 saturated carbocycles. The van der Waals surface area contributed by atoms with Crippen molar-refractivity contribution in [1.82, 2.24) is 9.97 Å². The van der Waals surface area contributed by atoms with Crippen molar-refractivity contribution < 1.29 is 0 Å². The molecule has 0 amide bonds. The van der Waals surface area contributed by atoms with Crippen LogP contribution in [0.15, 0.2) is 30.7 Å². The Bertz CT molecular complexity index is 437. The number of hydrogen-bond acceptors (Lipinski definition) is 2. The standard InChI is InChI=1S/C11H12ClN3/c1-8-2-3-9(4-11(8)12)14-6-10-5-13-7-15-10/h2-5,7,14H,6H2,1H3,(H,13,15). The van der Waals surface area contributed by atoms with Crippen molar-refractivity contribution in [1.29, 1.82) is 0 Å². The van der Waals surface area contributed by atoms with Crippen LogP contribution in [0.3, 0.4) is 0 Å². The van der Waals surface area contributed by atoms with Gasteiger partial charge in [0.05, 0.1) is 18.6 Å². The van der Waals surface area contributed by atoms with Crippen LogP contribution in [0.2, 0.25) is 5.02 Å². The van der Waals surface area contributed by atoms with E-state index < -0.39 is 0 Å². The van der Waals surface area contributed by atoms with E-state index in [4.69, 9.17) is 11.6 Å². The number of nitrogens with one attached hydrogen (secondary N) is 2. The van der Waals surface area contributed by atoms with Gasteiger partial charge in [0.1, 0.15) is 0 Å². The van der Waals surface area contributed by atoms with E-state index in [1.54, 1.807) is 12.5 Å².